The first kappa shape index (κ1) is 24.0. The van der Waals surface area contributed by atoms with E-state index in [1.54, 1.807) is 30.3 Å². The Morgan fingerprint density at radius 2 is 1.84 bits per heavy atom. The molecule has 0 radical (unpaired) electrons. The van der Waals surface area contributed by atoms with E-state index in [-0.39, 0.29) is 26.2 Å². The highest BCUT2D eigenvalue weighted by molar-refractivity contribution is 7.95. The molecular weight excluding hydrogens is 420 g/mol. The molecule has 3 unspecified atom stereocenters. The van der Waals surface area contributed by atoms with Crippen molar-refractivity contribution in [1.29, 1.82) is 0 Å². The molecule has 1 N–H and O–H groups in total. The fraction of sp³-hybridized carbons (Fsp3) is 0.538. The number of hydrogen-bond donors (Lipinski definition) is 1. The second-order valence-corrected chi connectivity index (χ2v) is 18.1. The topological polar surface area (TPSA) is 54.4 Å². The monoisotopic (exact) mass is 456 g/mol. The third-order valence-electron chi connectivity index (χ3n) is 7.93. The first-order valence-electron chi connectivity index (χ1n) is 11.1. The van der Waals surface area contributed by atoms with E-state index in [2.05, 4.69) is 65.3 Å². The molecule has 1 saturated carbocycles. The lowest BCUT2D eigenvalue weighted by Gasteiger charge is -2.57. The summed E-state index contributed by atoms with van der Waals surface area (Å²) in [5.74, 6) is 3.89. The highest BCUT2D eigenvalue weighted by Gasteiger charge is 2.53. The first-order chi connectivity index (χ1) is 14.2. The van der Waals surface area contributed by atoms with Gasteiger partial charge in [-0.2, -0.15) is 0 Å². The molecule has 3 nitrogen and oxygen atoms in total. The second kappa shape index (κ2) is 8.06. The molecule has 0 spiro atoms. The lowest BCUT2D eigenvalue weighted by Crippen LogP contribution is -2.50. The van der Waals surface area contributed by atoms with Crippen molar-refractivity contribution in [1.82, 2.24) is 0 Å². The number of benzene rings is 1. The standard InChI is InChI=1S/C26H36O3SSi/c1-25(2,3)31(6,7)17-11-14-23(30(28,29)20-12-9-8-10-13-20)24(27)21-16-15-19-18-22(21)26(19,4)5/h8-10,12-14,16,19,22,24,27H,15,18H2,1-7H3/b23-14+. The van der Waals surface area contributed by atoms with Gasteiger partial charge in [0.2, 0.25) is 9.84 Å². The van der Waals surface area contributed by atoms with Gasteiger partial charge in [-0.1, -0.05) is 77.9 Å². The van der Waals surface area contributed by atoms with E-state index in [4.69, 9.17) is 0 Å². The maximum atomic E-state index is 13.5. The quantitative estimate of drug-likeness (QED) is 0.357. The third-order valence-corrected chi connectivity index (χ3v) is 14.3. The van der Waals surface area contributed by atoms with Gasteiger partial charge in [-0.15, -0.1) is 5.54 Å². The van der Waals surface area contributed by atoms with Gasteiger partial charge in [0.1, 0.15) is 14.2 Å². The van der Waals surface area contributed by atoms with E-state index in [1.165, 1.54) is 6.08 Å². The van der Waals surface area contributed by atoms with Gasteiger partial charge >= 0.3 is 0 Å². The highest BCUT2D eigenvalue weighted by atomic mass is 32.2. The Balaban J connectivity index is 2.07. The number of sulfone groups is 1. The van der Waals surface area contributed by atoms with E-state index in [1.807, 2.05) is 0 Å². The summed E-state index contributed by atoms with van der Waals surface area (Å²) in [6, 6.07) is 8.36. The van der Waals surface area contributed by atoms with Crippen molar-refractivity contribution in [2.24, 2.45) is 17.3 Å². The van der Waals surface area contributed by atoms with E-state index in [0.29, 0.717) is 5.92 Å². The Hall–Kier alpha value is -1.61. The molecule has 31 heavy (non-hydrogen) atoms. The minimum Gasteiger partial charge on any atom is -0.383 e. The molecule has 0 aromatic heterocycles. The Bertz CT molecular complexity index is 1060. The summed E-state index contributed by atoms with van der Waals surface area (Å²) >= 11 is 0. The van der Waals surface area contributed by atoms with Gasteiger partial charge in [-0.3, -0.25) is 0 Å². The SMILES string of the molecule is CC1(C)C2CC=C(C(O)/C(=C\C#C[Si](C)(C)C(C)(C)C)S(=O)(=O)c3ccccc3)C1C2. The lowest BCUT2D eigenvalue weighted by molar-refractivity contribution is -0.0179. The maximum Gasteiger partial charge on any atom is 0.206 e. The van der Waals surface area contributed by atoms with Crippen molar-refractivity contribution in [3.63, 3.8) is 0 Å². The zero-order valence-electron chi connectivity index (χ0n) is 19.9. The Morgan fingerprint density at radius 3 is 2.35 bits per heavy atom. The predicted octanol–water partition coefficient (Wildman–Crippen LogP) is 5.75. The Morgan fingerprint density at radius 1 is 1.23 bits per heavy atom. The van der Waals surface area contributed by atoms with Crippen LogP contribution in [0.5, 0.6) is 0 Å². The summed E-state index contributed by atoms with van der Waals surface area (Å²) < 4.78 is 27.1. The van der Waals surface area contributed by atoms with Gasteiger partial charge in [-0.05, 0) is 52.8 Å². The zero-order valence-corrected chi connectivity index (χ0v) is 21.7. The molecule has 0 heterocycles. The van der Waals surface area contributed by atoms with Gasteiger partial charge in [0, 0.05) is 6.08 Å². The van der Waals surface area contributed by atoms with Crippen LogP contribution < -0.4 is 0 Å². The van der Waals surface area contributed by atoms with E-state index >= 15 is 0 Å². The van der Waals surface area contributed by atoms with Crippen LogP contribution in [-0.4, -0.2) is 27.7 Å². The molecule has 1 aromatic rings. The van der Waals surface area contributed by atoms with Crippen LogP contribution >= 0.6 is 0 Å². The van der Waals surface area contributed by atoms with Crippen molar-refractivity contribution in [2.75, 3.05) is 0 Å². The van der Waals surface area contributed by atoms with Gasteiger partial charge < -0.3 is 5.11 Å². The Kier molecular flexibility index (Phi) is 6.25. The van der Waals surface area contributed by atoms with Gasteiger partial charge in [0.15, 0.2) is 0 Å². The predicted molar refractivity (Wildman–Crippen MR) is 131 cm³/mol. The van der Waals surface area contributed by atoms with Crippen molar-refractivity contribution in [3.8, 4) is 11.5 Å². The summed E-state index contributed by atoms with van der Waals surface area (Å²) in [6.45, 7) is 15.4. The van der Waals surface area contributed by atoms with Crippen LogP contribution in [0.2, 0.25) is 18.1 Å². The van der Waals surface area contributed by atoms with Crippen LogP contribution in [0, 0.1) is 28.7 Å². The van der Waals surface area contributed by atoms with E-state index in [0.717, 1.165) is 18.4 Å². The molecule has 3 atom stereocenters. The lowest BCUT2D eigenvalue weighted by atomic mass is 9.48. The van der Waals surface area contributed by atoms with Crippen molar-refractivity contribution >= 4 is 17.9 Å². The largest absolute Gasteiger partial charge is 0.383 e. The fourth-order valence-corrected chi connectivity index (χ4v) is 6.62. The van der Waals surface area contributed by atoms with Crippen molar-refractivity contribution < 1.29 is 13.5 Å². The van der Waals surface area contributed by atoms with Crippen LogP contribution in [-0.2, 0) is 9.84 Å². The zero-order chi connectivity index (χ0) is 23.2. The second-order valence-electron chi connectivity index (χ2n) is 11.2. The fourth-order valence-electron chi connectivity index (χ4n) is 4.38. The number of hydrogen-bond acceptors (Lipinski definition) is 3. The molecule has 1 fully saturated rings. The number of aliphatic hydroxyl groups is 1. The van der Waals surface area contributed by atoms with Crippen molar-refractivity contribution in [3.05, 3.63) is 53.0 Å². The summed E-state index contributed by atoms with van der Waals surface area (Å²) in [6.07, 6.45) is 4.27. The molecular formula is C26H36O3SSi. The summed E-state index contributed by atoms with van der Waals surface area (Å²) in [4.78, 5) is 0.189. The van der Waals surface area contributed by atoms with E-state index in [9.17, 15) is 13.5 Å². The smallest absolute Gasteiger partial charge is 0.206 e. The minimum absolute atomic E-state index is 0.00249. The van der Waals surface area contributed by atoms with Crippen LogP contribution in [0.4, 0.5) is 0 Å². The van der Waals surface area contributed by atoms with Gasteiger partial charge in [0.05, 0.1) is 9.80 Å². The van der Waals surface area contributed by atoms with E-state index < -0.39 is 24.0 Å². The molecule has 5 heteroatoms. The normalized spacial score (nSPS) is 24.4. The van der Waals surface area contributed by atoms with Crippen LogP contribution in [0.15, 0.2) is 57.9 Å². The minimum atomic E-state index is -3.86. The van der Waals surface area contributed by atoms with Gasteiger partial charge in [-0.25, -0.2) is 8.42 Å². The summed E-state index contributed by atoms with van der Waals surface area (Å²) in [7, 11) is -5.77. The number of fused-ring (bicyclic) bond motifs is 1. The van der Waals surface area contributed by atoms with Crippen LogP contribution in [0.25, 0.3) is 0 Å². The molecule has 1 aromatic carbocycles. The molecule has 2 bridgehead atoms. The highest BCUT2D eigenvalue weighted by Crippen LogP contribution is 2.60. The summed E-state index contributed by atoms with van der Waals surface area (Å²) in [5, 5.41) is 11.4. The average Bonchev–Trinajstić information content (AvgIpc) is 2.70. The Labute approximate surface area is 189 Å². The molecule has 3 aliphatic rings. The van der Waals surface area contributed by atoms with Crippen LogP contribution in [0.1, 0.15) is 47.5 Å². The molecule has 3 aliphatic carbocycles. The number of aliphatic hydroxyl groups excluding tert-OH is 1. The third kappa shape index (κ3) is 4.35. The molecule has 0 aliphatic heterocycles. The number of allylic oxidation sites excluding steroid dienone is 2. The summed E-state index contributed by atoms with van der Waals surface area (Å²) in [5.41, 5.74) is 4.30. The van der Waals surface area contributed by atoms with Gasteiger partial charge in [0.25, 0.3) is 0 Å². The first-order valence-corrected chi connectivity index (χ1v) is 15.6. The molecule has 4 rings (SSSR count). The average molecular weight is 457 g/mol. The molecule has 0 amide bonds. The molecule has 168 valence electrons. The maximum absolute atomic E-state index is 13.5. The van der Waals surface area contributed by atoms with Crippen LogP contribution in [0.3, 0.4) is 0 Å². The number of rotatable bonds is 4. The van der Waals surface area contributed by atoms with Crippen molar-refractivity contribution in [2.45, 2.75) is 76.6 Å². The molecule has 0 saturated heterocycles.